The van der Waals surface area contributed by atoms with E-state index in [2.05, 4.69) is 22.5 Å². The molecule has 6 atom stereocenters. The van der Waals surface area contributed by atoms with Crippen LogP contribution in [0.5, 0.6) is 5.75 Å². The average Bonchev–Trinajstić information content (AvgIpc) is 3.98. The third-order valence-electron chi connectivity index (χ3n) is 12.1. The lowest BCUT2D eigenvalue weighted by Gasteiger charge is -2.46. The number of aliphatic hydroxyl groups excluding tert-OH is 1. The molecule has 2 fully saturated rings. The first kappa shape index (κ1) is 44.6. The number of aliphatic hydroxyl groups is 1. The predicted octanol–water partition coefficient (Wildman–Crippen LogP) is 5.77. The Morgan fingerprint density at radius 1 is 0.866 bits per heavy atom. The molecule has 5 amide bonds. The summed E-state index contributed by atoms with van der Waals surface area (Å²) in [5.41, 5.74) is 6.34. The Balaban J connectivity index is 1.34. The zero-order valence-corrected chi connectivity index (χ0v) is 36.8. The highest BCUT2D eigenvalue weighted by molar-refractivity contribution is 7.22. The second kappa shape index (κ2) is 19.1. The first-order valence-electron chi connectivity index (χ1n) is 21.4. The van der Waals surface area contributed by atoms with Crippen molar-refractivity contribution in [3.05, 3.63) is 155 Å². The fraction of sp³-hybridized carbons (Fsp3) is 0.240. The molecule has 5 aromatic carbocycles. The molecular weight excluding hydrogens is 877 g/mol. The molecule has 0 radical (unpaired) electrons. The van der Waals surface area contributed by atoms with Crippen LogP contribution in [-0.4, -0.2) is 91.0 Å². The summed E-state index contributed by atoms with van der Waals surface area (Å²) in [5, 5.41) is 15.2. The van der Waals surface area contributed by atoms with Crippen LogP contribution in [0.2, 0.25) is 0 Å². The number of imide groups is 1. The number of urea groups is 1. The van der Waals surface area contributed by atoms with Gasteiger partial charge in [-0.2, -0.15) is 0 Å². The Bertz CT molecular complexity index is 2870. The van der Waals surface area contributed by atoms with Gasteiger partial charge in [0.15, 0.2) is 5.13 Å². The van der Waals surface area contributed by atoms with E-state index in [1.165, 1.54) is 18.4 Å². The molecule has 340 valence electrons. The molecule has 6 aromatic rings. The van der Waals surface area contributed by atoms with Crippen LogP contribution >= 0.6 is 11.3 Å². The standard InChI is InChI=1S/C50H44N6O10S/c1-63-27-28-65-49(62)55-37-23-18-30(11-10-24-52-47(51)61)29-35(37)50(46(55)60)39(44(58)54-48-53-36-16-8-9-17-38(36)67-48)41-45(59)66-42(32-14-6-3-7-15-32)40(31-12-4-2-5-13-31)56(41)43(50)33-19-21-34(22-20-33)64-26-25-57/h2-9,12-23,29,39-43,57H,24-28H2,1H3,(H3,51,52,61)(H,53,54,58)/t39-,40-,41-,42+,43+,50-/m0/s1. The number of benzene rings is 5. The number of nitrogens with two attached hydrogens (primary N) is 1. The molecule has 9 rings (SSSR count). The Morgan fingerprint density at radius 2 is 1.58 bits per heavy atom. The quantitative estimate of drug-likeness (QED) is 0.0655. The van der Waals surface area contributed by atoms with Crippen LogP contribution in [0.15, 0.2) is 127 Å². The third-order valence-corrected chi connectivity index (χ3v) is 13.1. The summed E-state index contributed by atoms with van der Waals surface area (Å²) in [4.78, 5) is 80.9. The fourth-order valence-electron chi connectivity index (χ4n) is 9.54. The van der Waals surface area contributed by atoms with E-state index in [-0.39, 0.29) is 49.4 Å². The van der Waals surface area contributed by atoms with Crippen LogP contribution < -0.4 is 26.0 Å². The van der Waals surface area contributed by atoms with Crippen LogP contribution in [0.4, 0.5) is 20.4 Å². The van der Waals surface area contributed by atoms with Crippen molar-refractivity contribution in [2.75, 3.05) is 50.3 Å². The number of aromatic nitrogens is 1. The molecule has 0 saturated carbocycles. The number of para-hydroxylation sites is 1. The zero-order chi connectivity index (χ0) is 46.7. The molecule has 17 heteroatoms. The molecule has 3 aliphatic heterocycles. The second-order valence-corrected chi connectivity index (χ2v) is 16.9. The molecule has 1 aromatic heterocycles. The van der Waals surface area contributed by atoms with Crippen LogP contribution in [0.25, 0.3) is 10.2 Å². The van der Waals surface area contributed by atoms with Gasteiger partial charge in [-0.3, -0.25) is 19.3 Å². The fourth-order valence-corrected chi connectivity index (χ4v) is 10.4. The molecule has 16 nitrogen and oxygen atoms in total. The van der Waals surface area contributed by atoms with Crippen molar-refractivity contribution in [3.8, 4) is 17.6 Å². The summed E-state index contributed by atoms with van der Waals surface area (Å²) in [5.74, 6) is 2.32. The van der Waals surface area contributed by atoms with Crippen molar-refractivity contribution < 1.29 is 48.0 Å². The molecule has 3 aliphatic rings. The first-order valence-corrected chi connectivity index (χ1v) is 22.2. The van der Waals surface area contributed by atoms with E-state index in [9.17, 15) is 14.7 Å². The number of methoxy groups -OCH3 is 1. The topological polar surface area (TPSA) is 212 Å². The molecule has 1 spiro atoms. The predicted molar refractivity (Wildman–Crippen MR) is 247 cm³/mol. The number of morpholine rings is 1. The zero-order valence-electron chi connectivity index (χ0n) is 36.0. The highest BCUT2D eigenvalue weighted by Gasteiger charge is 2.76. The van der Waals surface area contributed by atoms with Crippen LogP contribution in [0.3, 0.4) is 0 Å². The summed E-state index contributed by atoms with van der Waals surface area (Å²) in [6.07, 6.45) is -1.98. The molecule has 2 saturated heterocycles. The number of fused-ring (bicyclic) bond motifs is 4. The lowest BCUT2D eigenvalue weighted by molar-refractivity contribution is -0.177. The second-order valence-electron chi connectivity index (χ2n) is 15.9. The van der Waals surface area contributed by atoms with Gasteiger partial charge in [-0.05, 0) is 64.7 Å². The number of hydrogen-bond acceptors (Lipinski definition) is 13. The Morgan fingerprint density at radius 3 is 2.28 bits per heavy atom. The summed E-state index contributed by atoms with van der Waals surface area (Å²) in [6.45, 7) is -0.492. The minimum absolute atomic E-state index is 0.0143. The van der Waals surface area contributed by atoms with Crippen molar-refractivity contribution in [1.29, 1.82) is 0 Å². The van der Waals surface area contributed by atoms with E-state index >= 15 is 14.4 Å². The van der Waals surface area contributed by atoms with Gasteiger partial charge in [0.25, 0.3) is 0 Å². The number of primary amides is 1. The summed E-state index contributed by atoms with van der Waals surface area (Å²) >= 11 is 1.22. The van der Waals surface area contributed by atoms with Gasteiger partial charge in [0.05, 0.1) is 53.7 Å². The average molecular weight is 921 g/mol. The summed E-state index contributed by atoms with van der Waals surface area (Å²) < 4.78 is 23.9. The molecule has 5 N–H and O–H groups in total. The smallest absolute Gasteiger partial charge is 0.421 e. The van der Waals surface area contributed by atoms with Crippen molar-refractivity contribution in [2.24, 2.45) is 11.7 Å². The number of carbonyl (C=O) groups excluding carboxylic acids is 5. The van der Waals surface area contributed by atoms with E-state index in [1.54, 1.807) is 42.5 Å². The number of nitrogens with zero attached hydrogens (tertiary/aromatic N) is 3. The van der Waals surface area contributed by atoms with Crippen LogP contribution in [0.1, 0.15) is 46.0 Å². The minimum Gasteiger partial charge on any atom is -0.491 e. The first-order chi connectivity index (χ1) is 32.6. The van der Waals surface area contributed by atoms with Gasteiger partial charge in [0.2, 0.25) is 11.8 Å². The molecule has 4 heterocycles. The van der Waals surface area contributed by atoms with Gasteiger partial charge >= 0.3 is 18.1 Å². The van der Waals surface area contributed by atoms with Gasteiger partial charge < -0.3 is 40.4 Å². The van der Waals surface area contributed by atoms with Crippen molar-refractivity contribution in [1.82, 2.24) is 15.2 Å². The van der Waals surface area contributed by atoms with E-state index in [1.807, 2.05) is 89.8 Å². The number of hydrogen-bond donors (Lipinski definition) is 4. The highest BCUT2D eigenvalue weighted by atomic mass is 32.1. The normalized spacial score (nSPS) is 21.8. The van der Waals surface area contributed by atoms with Gasteiger partial charge in [0, 0.05) is 12.7 Å². The van der Waals surface area contributed by atoms with E-state index < -0.39 is 65.5 Å². The van der Waals surface area contributed by atoms with Crippen molar-refractivity contribution >= 4 is 62.3 Å². The lowest BCUT2D eigenvalue weighted by atomic mass is 9.65. The third kappa shape index (κ3) is 8.21. The molecule has 67 heavy (non-hydrogen) atoms. The lowest BCUT2D eigenvalue weighted by Crippen LogP contribution is -2.54. The van der Waals surface area contributed by atoms with Crippen molar-refractivity contribution in [2.45, 2.75) is 29.6 Å². The maximum Gasteiger partial charge on any atom is 0.421 e. The maximum atomic E-state index is 16.3. The van der Waals surface area contributed by atoms with Crippen LogP contribution in [0, 0.1) is 17.8 Å². The molecular formula is C50H44N6O10S. The minimum atomic E-state index is -2.12. The molecule has 0 aliphatic carbocycles. The number of carbonyl (C=O) groups is 5. The summed E-state index contributed by atoms with van der Waals surface area (Å²) in [6, 6.07) is 33.3. The number of esters is 1. The van der Waals surface area contributed by atoms with Gasteiger partial charge in [-0.25, -0.2) is 19.5 Å². The Hall–Kier alpha value is -7.62. The van der Waals surface area contributed by atoms with Crippen LogP contribution in [-0.2, 0) is 34.0 Å². The largest absolute Gasteiger partial charge is 0.491 e. The van der Waals surface area contributed by atoms with Gasteiger partial charge in [0.1, 0.15) is 36.5 Å². The molecule has 0 bridgehead atoms. The van der Waals surface area contributed by atoms with E-state index in [0.717, 1.165) is 9.60 Å². The number of cyclic esters (lactones) is 1. The summed E-state index contributed by atoms with van der Waals surface area (Å²) in [7, 11) is 1.44. The highest BCUT2D eigenvalue weighted by Crippen LogP contribution is 2.66. The molecule has 0 unspecified atom stereocenters. The van der Waals surface area contributed by atoms with Gasteiger partial charge in [-0.15, -0.1) is 0 Å². The monoisotopic (exact) mass is 920 g/mol. The number of rotatable bonds is 12. The number of anilines is 2. The van der Waals surface area contributed by atoms with Crippen molar-refractivity contribution in [3.63, 3.8) is 0 Å². The SMILES string of the molecule is COCCOC(=O)N1C(=O)[C@@]2(c3cc(C#CCNC(N)=O)ccc31)[C@H](C(=O)Nc1nc3ccccc3s1)[C@H]1C(=O)O[C@H](c3ccccc3)[C@H](c3ccccc3)N1[C@@H]2c1ccc(OCCO)cc1. The number of amides is 5. The van der Waals surface area contributed by atoms with E-state index in [0.29, 0.717) is 33.5 Å². The number of thiazole rings is 1. The Kier molecular flexibility index (Phi) is 12.7. The van der Waals surface area contributed by atoms with E-state index in [4.69, 9.17) is 29.7 Å². The maximum absolute atomic E-state index is 16.3. The number of nitrogens with one attached hydrogen (secondary N) is 2. The Labute approximate surface area is 388 Å². The van der Waals surface area contributed by atoms with Gasteiger partial charge in [-0.1, -0.05) is 108 Å². The number of ether oxygens (including phenoxy) is 4.